The highest BCUT2D eigenvalue weighted by Gasteiger charge is 2.27. The maximum Gasteiger partial charge on any atom is 0.469 e. The third-order valence-corrected chi connectivity index (χ3v) is 8.39. The average molecular weight is 671 g/mol. The number of phosphoric ester groups is 1. The van der Waals surface area contributed by atoms with E-state index in [4.69, 9.17) is 19.3 Å². The van der Waals surface area contributed by atoms with E-state index in [0.29, 0.717) is 32.1 Å². The second-order valence-electron chi connectivity index (χ2n) is 12.2. The van der Waals surface area contributed by atoms with Crippen LogP contribution in [0.25, 0.3) is 0 Å². The number of aliphatic hydroxyl groups is 1. The summed E-state index contributed by atoms with van der Waals surface area (Å²) in [5, 5.41) is 10.1. The van der Waals surface area contributed by atoms with Crippen LogP contribution in [0.1, 0.15) is 129 Å². The number of carbonyl (C=O) groups is 3. The largest absolute Gasteiger partial charge is 0.469 e. The zero-order chi connectivity index (χ0) is 34.0. The Balaban J connectivity index is 2.35. The van der Waals surface area contributed by atoms with Crippen molar-refractivity contribution in [3.05, 3.63) is 36.5 Å². The molecule has 0 spiro atoms. The topological polar surface area (TPSA) is 157 Å². The molecule has 46 heavy (non-hydrogen) atoms. The van der Waals surface area contributed by atoms with Crippen molar-refractivity contribution in [2.45, 2.75) is 142 Å². The van der Waals surface area contributed by atoms with Gasteiger partial charge in [-0.1, -0.05) is 115 Å². The molecule has 0 aromatic heterocycles. The van der Waals surface area contributed by atoms with Crippen molar-refractivity contribution in [2.75, 3.05) is 13.2 Å². The van der Waals surface area contributed by atoms with Crippen LogP contribution in [0.4, 0.5) is 0 Å². The van der Waals surface area contributed by atoms with Crippen molar-refractivity contribution in [1.29, 1.82) is 0 Å². The molecule has 1 aliphatic carbocycles. The van der Waals surface area contributed by atoms with Gasteiger partial charge in [-0.3, -0.25) is 18.9 Å². The molecule has 0 heterocycles. The molecule has 0 amide bonds. The molecule has 0 aliphatic heterocycles. The zero-order valence-electron chi connectivity index (χ0n) is 28.1. The lowest BCUT2D eigenvalue weighted by Crippen LogP contribution is -2.29. The van der Waals surface area contributed by atoms with Crippen LogP contribution in [0.5, 0.6) is 0 Å². The molecular weight excluding hydrogens is 611 g/mol. The Kier molecular flexibility index (Phi) is 23.6. The Morgan fingerprint density at radius 2 is 1.50 bits per heavy atom. The Morgan fingerprint density at radius 3 is 2.17 bits per heavy atom. The quantitative estimate of drug-likeness (QED) is 0.0330. The Labute approximate surface area is 276 Å². The van der Waals surface area contributed by atoms with Crippen LogP contribution in [-0.4, -0.2) is 58.0 Å². The number of unbranched alkanes of at least 4 members (excludes halogenated alkanes) is 11. The number of aliphatic hydroxyl groups excluding tert-OH is 1. The van der Waals surface area contributed by atoms with Crippen molar-refractivity contribution in [2.24, 2.45) is 11.8 Å². The van der Waals surface area contributed by atoms with E-state index in [1.54, 1.807) is 12.2 Å². The maximum absolute atomic E-state index is 12.3. The molecule has 0 fully saturated rings. The summed E-state index contributed by atoms with van der Waals surface area (Å²) in [5.41, 5.74) is 0. The van der Waals surface area contributed by atoms with Gasteiger partial charge in [0.25, 0.3) is 0 Å². The van der Waals surface area contributed by atoms with Gasteiger partial charge in [0.15, 0.2) is 11.9 Å². The third kappa shape index (κ3) is 22.4. The van der Waals surface area contributed by atoms with Crippen molar-refractivity contribution in [1.82, 2.24) is 0 Å². The fraction of sp³-hybridized carbons (Fsp3) is 0.743. The highest BCUT2D eigenvalue weighted by molar-refractivity contribution is 7.46. The number of allylic oxidation sites excluding steroid dienone is 5. The molecule has 1 rings (SSSR count). The molecule has 0 saturated heterocycles. The normalized spacial score (nSPS) is 18.1. The van der Waals surface area contributed by atoms with E-state index >= 15 is 0 Å². The molecule has 3 N–H and O–H groups in total. The van der Waals surface area contributed by atoms with Crippen LogP contribution >= 0.6 is 7.82 Å². The lowest BCUT2D eigenvalue weighted by molar-refractivity contribution is -0.161. The Hall–Kier alpha value is -2.10. The molecule has 0 aromatic carbocycles. The van der Waals surface area contributed by atoms with E-state index < -0.39 is 38.6 Å². The van der Waals surface area contributed by atoms with E-state index in [2.05, 4.69) is 18.4 Å². The lowest BCUT2D eigenvalue weighted by atomic mass is 9.90. The van der Waals surface area contributed by atoms with Gasteiger partial charge in [-0.15, -0.1) is 0 Å². The first kappa shape index (κ1) is 41.9. The second kappa shape index (κ2) is 25.9. The molecule has 0 bridgehead atoms. The minimum Gasteiger partial charge on any atom is -0.462 e. The molecule has 0 radical (unpaired) electrons. The number of ketones is 1. The van der Waals surface area contributed by atoms with Crippen molar-refractivity contribution in [3.63, 3.8) is 0 Å². The summed E-state index contributed by atoms with van der Waals surface area (Å²) in [7, 11) is -4.79. The van der Waals surface area contributed by atoms with Gasteiger partial charge in [0.2, 0.25) is 0 Å². The van der Waals surface area contributed by atoms with Crippen molar-refractivity contribution in [3.8, 4) is 0 Å². The first-order valence-corrected chi connectivity index (χ1v) is 18.9. The van der Waals surface area contributed by atoms with E-state index in [9.17, 15) is 24.1 Å². The predicted molar refractivity (Wildman–Crippen MR) is 179 cm³/mol. The highest BCUT2D eigenvalue weighted by atomic mass is 31.2. The smallest absolute Gasteiger partial charge is 0.462 e. The summed E-state index contributed by atoms with van der Waals surface area (Å²) < 4.78 is 26.2. The third-order valence-electron chi connectivity index (χ3n) is 7.91. The van der Waals surface area contributed by atoms with Gasteiger partial charge in [-0.05, 0) is 44.1 Å². The van der Waals surface area contributed by atoms with Gasteiger partial charge in [-0.25, -0.2) is 4.57 Å². The number of hydrogen-bond acceptors (Lipinski definition) is 8. The number of rotatable bonds is 28. The van der Waals surface area contributed by atoms with Gasteiger partial charge >= 0.3 is 19.8 Å². The summed E-state index contributed by atoms with van der Waals surface area (Å²) in [4.78, 5) is 54.9. The summed E-state index contributed by atoms with van der Waals surface area (Å²) in [5.74, 6) is -1.25. The summed E-state index contributed by atoms with van der Waals surface area (Å²) >= 11 is 0. The Morgan fingerprint density at radius 1 is 0.870 bits per heavy atom. The van der Waals surface area contributed by atoms with Crippen LogP contribution < -0.4 is 0 Å². The number of ether oxygens (including phenoxy) is 2. The molecule has 4 atom stereocenters. The number of esters is 2. The molecule has 10 nitrogen and oxygen atoms in total. The van der Waals surface area contributed by atoms with Gasteiger partial charge in [-0.2, -0.15) is 0 Å². The van der Waals surface area contributed by atoms with E-state index in [-0.39, 0.29) is 37.1 Å². The summed E-state index contributed by atoms with van der Waals surface area (Å²) in [6.07, 6.45) is 25.1. The van der Waals surface area contributed by atoms with Gasteiger partial charge in [0.05, 0.1) is 12.7 Å². The van der Waals surface area contributed by atoms with E-state index in [0.717, 1.165) is 38.5 Å². The first-order chi connectivity index (χ1) is 22.1. The van der Waals surface area contributed by atoms with Crippen LogP contribution in [-0.2, 0) is 32.9 Å². The molecule has 264 valence electrons. The summed E-state index contributed by atoms with van der Waals surface area (Å²) in [6, 6.07) is 0. The van der Waals surface area contributed by atoms with Gasteiger partial charge in [0, 0.05) is 18.8 Å². The van der Waals surface area contributed by atoms with Crippen LogP contribution in [0.2, 0.25) is 0 Å². The number of carbonyl (C=O) groups excluding carboxylic acids is 3. The fourth-order valence-corrected chi connectivity index (χ4v) is 5.55. The standard InChI is InChI=1S/C35H59O10P/c1-3-5-7-8-9-10-11-12-18-22-35(39)45-31(28-44-46(40,41)42)27-43-34(38)21-17-14-13-16-19-29-23-26-33(37)32(29)25-24-30(36)20-15-6-4-2/h13,16,23-26,29-32,36H,3-12,14-15,17-22,27-28H2,1-2H3,(H2,40,41,42)/b16-13-,25-24+/t29-,30-,31+,32+/m0/s1. The summed E-state index contributed by atoms with van der Waals surface area (Å²) in [6.45, 7) is 3.35. The fourth-order valence-electron chi connectivity index (χ4n) is 5.19. The second-order valence-corrected chi connectivity index (χ2v) is 13.4. The number of hydrogen-bond donors (Lipinski definition) is 3. The molecule has 0 aromatic rings. The SMILES string of the molecule is CCCCCCCCCCCC(=O)O[C@H](COC(=O)CCC/C=C\C[C@H]1C=CC(=O)[C@@H]1/C=C/[C@@H](O)CCCCC)COP(=O)(O)O. The first-order valence-electron chi connectivity index (χ1n) is 17.3. The maximum atomic E-state index is 12.3. The molecule has 0 unspecified atom stereocenters. The van der Waals surface area contributed by atoms with Gasteiger partial charge < -0.3 is 24.4 Å². The molecular formula is C35H59O10P. The molecule has 1 aliphatic rings. The number of phosphoric acid groups is 1. The van der Waals surface area contributed by atoms with E-state index in [1.807, 2.05) is 24.3 Å². The highest BCUT2D eigenvalue weighted by Crippen LogP contribution is 2.36. The van der Waals surface area contributed by atoms with Crippen LogP contribution in [0.3, 0.4) is 0 Å². The van der Waals surface area contributed by atoms with E-state index in [1.165, 1.54) is 32.1 Å². The average Bonchev–Trinajstić information content (AvgIpc) is 3.36. The molecule has 11 heteroatoms. The predicted octanol–water partition coefficient (Wildman–Crippen LogP) is 7.46. The van der Waals surface area contributed by atoms with Crippen LogP contribution in [0.15, 0.2) is 36.5 Å². The lowest BCUT2D eigenvalue weighted by Gasteiger charge is -2.18. The van der Waals surface area contributed by atoms with Crippen molar-refractivity contribution >= 4 is 25.5 Å². The Bertz CT molecular complexity index is 986. The minimum atomic E-state index is -4.79. The zero-order valence-corrected chi connectivity index (χ0v) is 29.0. The monoisotopic (exact) mass is 670 g/mol. The van der Waals surface area contributed by atoms with Crippen LogP contribution in [0, 0.1) is 11.8 Å². The molecule has 0 saturated carbocycles. The minimum absolute atomic E-state index is 0.0307. The van der Waals surface area contributed by atoms with Gasteiger partial charge in [0.1, 0.15) is 6.61 Å². The van der Waals surface area contributed by atoms with Crippen molar-refractivity contribution < 1.29 is 47.8 Å².